The van der Waals surface area contributed by atoms with Crippen molar-refractivity contribution in [2.45, 2.75) is 187 Å². The minimum Gasteiger partial charge on any atom is -0.311 e. The van der Waals surface area contributed by atoms with Crippen LogP contribution in [-0.4, -0.2) is 6.71 Å². The van der Waals surface area contributed by atoms with Crippen molar-refractivity contribution in [3.63, 3.8) is 0 Å². The van der Waals surface area contributed by atoms with Crippen LogP contribution in [-0.2, 0) is 37.9 Å². The van der Waals surface area contributed by atoms with E-state index in [1.807, 2.05) is 11.3 Å². The van der Waals surface area contributed by atoms with Gasteiger partial charge in [-0.25, -0.2) is 0 Å². The Hall–Kier alpha value is -4.80. The molecular weight excluding hydrogens is 852 g/mol. The van der Waals surface area contributed by atoms with Gasteiger partial charge in [0, 0.05) is 54.3 Å². The van der Waals surface area contributed by atoms with E-state index in [1.165, 1.54) is 154 Å². The van der Waals surface area contributed by atoms with E-state index in [0.717, 1.165) is 0 Å². The Labute approximate surface area is 419 Å². The topological polar surface area (TPSA) is 6.48 Å². The highest BCUT2D eigenvalue weighted by atomic mass is 32.1. The quantitative estimate of drug-likeness (QED) is 0.159. The molecule has 0 saturated heterocycles. The second-order valence-corrected chi connectivity index (χ2v) is 28.6. The van der Waals surface area contributed by atoms with Crippen LogP contribution in [0.4, 0.5) is 34.1 Å². The van der Waals surface area contributed by atoms with Gasteiger partial charge in [0.2, 0.25) is 0 Å². The van der Waals surface area contributed by atoms with E-state index in [-0.39, 0.29) is 44.6 Å². The first-order chi connectivity index (χ1) is 32.2. The van der Waals surface area contributed by atoms with Crippen LogP contribution in [0.3, 0.4) is 0 Å². The van der Waals surface area contributed by atoms with Gasteiger partial charge in [-0.05, 0) is 199 Å². The second-order valence-electron chi connectivity index (χ2n) is 27.5. The molecule has 0 spiro atoms. The highest BCUT2D eigenvalue weighted by Gasteiger charge is 2.49. The molecule has 0 atom stereocenters. The van der Waals surface area contributed by atoms with E-state index in [1.54, 1.807) is 0 Å². The van der Waals surface area contributed by atoms with Gasteiger partial charge in [0.05, 0.1) is 0 Å². The molecule has 2 nitrogen and oxygen atoms in total. The molecule has 7 aromatic rings. The standard InChI is InChI=1S/C65H75BN2S/c1-38-29-54-58-55(30-38)68(41-18-21-43-42-20-17-39(59(2,3)4)31-56(42)69-57(43)33-41)53-37-49-47(63(11,12)26-28-65(49,15)16)35-51(53)66(58)50-34-46-48(64(13,14)27-25-62(46,9)10)36-52(50)67(54)40-19-22-44-45(32-40)61(7,8)24-23-60(44,5)6/h17-22,29-37H,23-28H2,1-16H3. The number of nitrogens with zero attached hydrogens (tertiary/aromatic N) is 2. The molecule has 0 saturated carbocycles. The minimum absolute atomic E-state index is 0.0640. The van der Waals surface area contributed by atoms with Gasteiger partial charge in [-0.1, -0.05) is 140 Å². The van der Waals surface area contributed by atoms with Crippen LogP contribution in [0.25, 0.3) is 20.2 Å². The smallest absolute Gasteiger partial charge is 0.252 e. The summed E-state index contributed by atoms with van der Waals surface area (Å²) < 4.78 is 2.72. The van der Waals surface area contributed by atoms with Crippen molar-refractivity contribution >= 4 is 88.7 Å². The SMILES string of the molecule is Cc1cc2c3c(c1)N(c1ccc4c(c1)sc1cc(C(C)(C)C)ccc14)c1cc4c(cc1B3c1cc3c(cc1N2c1ccc2c(c1)C(C)(C)CCC2(C)C)C(C)(C)CCC3(C)C)C(C)(C)CCC4(C)C. The molecule has 0 amide bonds. The van der Waals surface area contributed by atoms with Gasteiger partial charge in [-0.2, -0.15) is 0 Å². The van der Waals surface area contributed by atoms with Crippen molar-refractivity contribution in [1.29, 1.82) is 0 Å². The van der Waals surface area contributed by atoms with Gasteiger partial charge in [0.25, 0.3) is 6.71 Å². The average molecular weight is 927 g/mol. The molecule has 69 heavy (non-hydrogen) atoms. The summed E-state index contributed by atoms with van der Waals surface area (Å²) in [6.07, 6.45) is 7.15. The summed E-state index contributed by atoms with van der Waals surface area (Å²) in [6.45, 7) is 39.3. The van der Waals surface area contributed by atoms with E-state index in [9.17, 15) is 0 Å². The Morgan fingerprint density at radius 2 is 0.812 bits per heavy atom. The molecule has 12 rings (SSSR count). The Bertz CT molecular complexity index is 3360. The van der Waals surface area contributed by atoms with Gasteiger partial charge >= 0.3 is 0 Å². The number of hydrogen-bond acceptors (Lipinski definition) is 3. The number of aryl methyl sites for hydroxylation is 1. The number of fused-ring (bicyclic) bond motifs is 10. The molecule has 0 N–H and O–H groups in total. The molecule has 0 fully saturated rings. The fourth-order valence-electron chi connectivity index (χ4n) is 13.9. The first-order valence-electron chi connectivity index (χ1n) is 26.4. The fourth-order valence-corrected chi connectivity index (χ4v) is 15.1. The molecule has 2 aliphatic heterocycles. The van der Waals surface area contributed by atoms with E-state index in [0.29, 0.717) is 0 Å². The maximum atomic E-state index is 2.73. The summed E-state index contributed by atoms with van der Waals surface area (Å²) in [5, 5.41) is 2.71. The molecule has 354 valence electrons. The van der Waals surface area contributed by atoms with E-state index < -0.39 is 0 Å². The van der Waals surface area contributed by atoms with Crippen molar-refractivity contribution in [2.24, 2.45) is 0 Å². The van der Waals surface area contributed by atoms with E-state index >= 15 is 0 Å². The predicted octanol–water partition coefficient (Wildman–Crippen LogP) is 16.8. The van der Waals surface area contributed by atoms with Crippen molar-refractivity contribution in [3.8, 4) is 0 Å². The van der Waals surface area contributed by atoms with Crippen LogP contribution < -0.4 is 26.2 Å². The van der Waals surface area contributed by atoms with Gasteiger partial charge in [-0.15, -0.1) is 11.3 Å². The van der Waals surface area contributed by atoms with Crippen LogP contribution in [0.5, 0.6) is 0 Å². The molecule has 3 aliphatic carbocycles. The number of hydrogen-bond donors (Lipinski definition) is 0. The van der Waals surface area contributed by atoms with Gasteiger partial charge in [0.15, 0.2) is 0 Å². The molecule has 0 bridgehead atoms. The molecule has 4 heteroatoms. The minimum atomic E-state index is 0.0640. The van der Waals surface area contributed by atoms with Crippen molar-refractivity contribution in [3.05, 3.63) is 136 Å². The highest BCUT2D eigenvalue weighted by Crippen LogP contribution is 2.55. The maximum Gasteiger partial charge on any atom is 0.252 e. The Balaban J connectivity index is 1.19. The summed E-state index contributed by atoms with van der Waals surface area (Å²) in [6, 6.07) is 38.0. The number of benzene rings is 6. The molecule has 0 radical (unpaired) electrons. The van der Waals surface area contributed by atoms with Crippen LogP contribution in [0.1, 0.15) is 187 Å². The number of thiophene rings is 1. The molecule has 5 aliphatic rings. The van der Waals surface area contributed by atoms with Crippen molar-refractivity contribution < 1.29 is 0 Å². The van der Waals surface area contributed by atoms with E-state index in [2.05, 4.69) is 212 Å². The number of anilines is 6. The van der Waals surface area contributed by atoms with Gasteiger partial charge in [-0.3, -0.25) is 0 Å². The predicted molar refractivity (Wildman–Crippen MR) is 303 cm³/mol. The van der Waals surface area contributed by atoms with E-state index in [4.69, 9.17) is 0 Å². The van der Waals surface area contributed by atoms with Crippen LogP contribution in [0.15, 0.2) is 91.0 Å². The Morgan fingerprint density at radius 1 is 0.420 bits per heavy atom. The lowest BCUT2D eigenvalue weighted by Crippen LogP contribution is -2.62. The highest BCUT2D eigenvalue weighted by molar-refractivity contribution is 7.25. The monoisotopic (exact) mass is 927 g/mol. The zero-order chi connectivity index (χ0) is 48.9. The largest absolute Gasteiger partial charge is 0.311 e. The third kappa shape index (κ3) is 6.61. The lowest BCUT2D eigenvalue weighted by atomic mass is 9.32. The van der Waals surface area contributed by atoms with Crippen molar-refractivity contribution in [2.75, 3.05) is 9.80 Å². The molecular formula is C65H75BN2S. The van der Waals surface area contributed by atoms with Crippen LogP contribution >= 0.6 is 11.3 Å². The summed E-state index contributed by atoms with van der Waals surface area (Å²) >= 11 is 1.95. The zero-order valence-electron chi connectivity index (χ0n) is 44.8. The summed E-state index contributed by atoms with van der Waals surface area (Å²) in [4.78, 5) is 5.43. The molecule has 3 heterocycles. The molecule has 6 aromatic carbocycles. The summed E-state index contributed by atoms with van der Waals surface area (Å²) in [5.41, 5.74) is 24.6. The fraction of sp³-hybridized carbons (Fsp3) is 0.446. The summed E-state index contributed by atoms with van der Waals surface area (Å²) in [7, 11) is 0. The second kappa shape index (κ2) is 14.2. The van der Waals surface area contributed by atoms with Gasteiger partial charge in [0.1, 0.15) is 0 Å². The number of rotatable bonds is 2. The van der Waals surface area contributed by atoms with Crippen LogP contribution in [0.2, 0.25) is 0 Å². The maximum absolute atomic E-state index is 2.73. The third-order valence-electron chi connectivity index (χ3n) is 18.8. The molecule has 0 unspecified atom stereocenters. The third-order valence-corrected chi connectivity index (χ3v) is 19.9. The summed E-state index contributed by atoms with van der Waals surface area (Å²) in [5.74, 6) is 0. The van der Waals surface area contributed by atoms with Crippen LogP contribution in [0, 0.1) is 6.92 Å². The average Bonchev–Trinajstić information content (AvgIpc) is 3.64. The first-order valence-corrected chi connectivity index (χ1v) is 27.2. The van der Waals surface area contributed by atoms with Crippen molar-refractivity contribution in [1.82, 2.24) is 0 Å². The first kappa shape index (κ1) is 45.4. The lowest BCUT2D eigenvalue weighted by molar-refractivity contribution is 0.332. The Morgan fingerprint density at radius 3 is 1.29 bits per heavy atom. The lowest BCUT2D eigenvalue weighted by Gasteiger charge is -2.49. The van der Waals surface area contributed by atoms with Gasteiger partial charge < -0.3 is 9.80 Å². The zero-order valence-corrected chi connectivity index (χ0v) is 45.6. The normalized spacial score (nSPS) is 20.7. The molecule has 1 aromatic heterocycles. The Kier molecular flexibility index (Phi) is 9.34.